The van der Waals surface area contributed by atoms with E-state index in [2.05, 4.69) is 24.3 Å². The van der Waals surface area contributed by atoms with Crippen LogP contribution in [0.25, 0.3) is 5.57 Å². The second-order valence-electron chi connectivity index (χ2n) is 11.2. The van der Waals surface area contributed by atoms with E-state index in [9.17, 15) is 10.2 Å². The molecule has 5 unspecified atom stereocenters. The van der Waals surface area contributed by atoms with Crippen molar-refractivity contribution in [1.82, 2.24) is 9.97 Å². The van der Waals surface area contributed by atoms with Crippen LogP contribution in [0.4, 0.5) is 0 Å². The van der Waals surface area contributed by atoms with E-state index in [1.54, 1.807) is 5.57 Å². The number of rotatable bonds is 4. The zero-order chi connectivity index (χ0) is 23.1. The second kappa shape index (κ2) is 9.49. The average molecular weight is 463 g/mol. The Morgan fingerprint density at radius 1 is 0.941 bits per heavy atom. The fourth-order valence-electron chi connectivity index (χ4n) is 7.26. The van der Waals surface area contributed by atoms with E-state index >= 15 is 0 Å². The molecule has 182 valence electrons. The summed E-state index contributed by atoms with van der Waals surface area (Å²) in [5, 5.41) is 20.8. The molecule has 2 fully saturated rings. The minimum absolute atomic E-state index is 0.230. The molecule has 1 aromatic rings. The van der Waals surface area contributed by atoms with Gasteiger partial charge in [0.1, 0.15) is 11.9 Å². The SMILES string of the molecule is OC1=C(c2nc(OC3CCCC3)cc(C3C4CCCCC4=CC4C=CCCC43)n2)CCC(O)C1. The Kier molecular flexibility index (Phi) is 6.23. The molecule has 0 spiro atoms. The molecule has 0 radical (unpaired) electrons. The fourth-order valence-corrected chi connectivity index (χ4v) is 7.26. The Morgan fingerprint density at radius 3 is 2.65 bits per heavy atom. The number of aromatic nitrogens is 2. The van der Waals surface area contributed by atoms with Crippen molar-refractivity contribution in [2.45, 2.75) is 102 Å². The molecule has 5 aliphatic carbocycles. The lowest BCUT2D eigenvalue weighted by Crippen LogP contribution is -2.35. The first-order valence-electron chi connectivity index (χ1n) is 13.7. The summed E-state index contributed by atoms with van der Waals surface area (Å²) < 4.78 is 6.43. The van der Waals surface area contributed by atoms with Crippen molar-refractivity contribution in [2.24, 2.45) is 17.8 Å². The molecular weight excluding hydrogens is 424 g/mol. The number of fused-ring (bicyclic) bond motifs is 2. The first kappa shape index (κ1) is 22.3. The molecule has 6 rings (SSSR count). The summed E-state index contributed by atoms with van der Waals surface area (Å²) >= 11 is 0. The maximum absolute atomic E-state index is 10.7. The molecule has 0 bridgehead atoms. The van der Waals surface area contributed by atoms with Gasteiger partial charge in [0.2, 0.25) is 5.88 Å². The van der Waals surface area contributed by atoms with Gasteiger partial charge in [-0.15, -0.1) is 0 Å². The Morgan fingerprint density at radius 2 is 1.79 bits per heavy atom. The molecule has 34 heavy (non-hydrogen) atoms. The quantitative estimate of drug-likeness (QED) is 0.506. The van der Waals surface area contributed by atoms with Gasteiger partial charge in [-0.2, -0.15) is 4.98 Å². The van der Waals surface area contributed by atoms with E-state index in [0.29, 0.717) is 48.2 Å². The number of hydrogen-bond donors (Lipinski definition) is 2. The summed E-state index contributed by atoms with van der Waals surface area (Å²) in [5.74, 6) is 3.52. The van der Waals surface area contributed by atoms with Crippen molar-refractivity contribution < 1.29 is 14.9 Å². The highest BCUT2D eigenvalue weighted by atomic mass is 16.5. The summed E-state index contributed by atoms with van der Waals surface area (Å²) in [6, 6.07) is 2.13. The summed E-state index contributed by atoms with van der Waals surface area (Å²) in [4.78, 5) is 10.0. The van der Waals surface area contributed by atoms with Gasteiger partial charge in [0, 0.05) is 24.0 Å². The minimum Gasteiger partial charge on any atom is -0.512 e. The van der Waals surface area contributed by atoms with Crippen molar-refractivity contribution in [3.63, 3.8) is 0 Å². The van der Waals surface area contributed by atoms with Crippen LogP contribution in [0.5, 0.6) is 5.88 Å². The highest BCUT2D eigenvalue weighted by Crippen LogP contribution is 2.53. The zero-order valence-electron chi connectivity index (χ0n) is 20.2. The largest absolute Gasteiger partial charge is 0.512 e. The van der Waals surface area contributed by atoms with Crippen molar-refractivity contribution in [2.75, 3.05) is 0 Å². The van der Waals surface area contributed by atoms with Crippen LogP contribution < -0.4 is 4.74 Å². The van der Waals surface area contributed by atoms with Crippen LogP contribution in [-0.4, -0.2) is 32.4 Å². The lowest BCUT2D eigenvalue weighted by Gasteiger charge is -2.45. The average Bonchev–Trinajstić information content (AvgIpc) is 3.35. The molecule has 0 amide bonds. The summed E-state index contributed by atoms with van der Waals surface area (Å²) in [6.07, 6.45) is 20.6. The number of aliphatic hydroxyl groups excluding tert-OH is 2. The van der Waals surface area contributed by atoms with Gasteiger partial charge < -0.3 is 14.9 Å². The third-order valence-electron chi connectivity index (χ3n) is 8.96. The predicted molar refractivity (Wildman–Crippen MR) is 132 cm³/mol. The number of allylic oxidation sites excluding steroid dienone is 5. The van der Waals surface area contributed by atoms with E-state index in [-0.39, 0.29) is 18.3 Å². The van der Waals surface area contributed by atoms with E-state index in [1.807, 2.05) is 0 Å². The molecule has 5 heteroatoms. The molecule has 1 aromatic heterocycles. The normalized spacial score (nSPS) is 33.9. The predicted octanol–water partition coefficient (Wildman–Crippen LogP) is 6.41. The summed E-state index contributed by atoms with van der Waals surface area (Å²) in [5.41, 5.74) is 3.52. The van der Waals surface area contributed by atoms with Crippen LogP contribution in [0.2, 0.25) is 0 Å². The first-order valence-corrected chi connectivity index (χ1v) is 13.7. The van der Waals surface area contributed by atoms with Gasteiger partial charge in [-0.05, 0) is 88.4 Å². The fraction of sp³-hybridized carbons (Fsp3) is 0.655. The molecule has 0 aliphatic heterocycles. The number of hydrogen-bond acceptors (Lipinski definition) is 5. The summed E-state index contributed by atoms with van der Waals surface area (Å²) in [6.45, 7) is 0. The maximum atomic E-state index is 10.7. The van der Waals surface area contributed by atoms with Gasteiger partial charge in [-0.3, -0.25) is 0 Å². The van der Waals surface area contributed by atoms with Crippen LogP contribution >= 0.6 is 0 Å². The van der Waals surface area contributed by atoms with Gasteiger partial charge in [0.05, 0.1) is 11.8 Å². The van der Waals surface area contributed by atoms with Crippen molar-refractivity contribution >= 4 is 5.57 Å². The monoisotopic (exact) mass is 462 g/mol. The molecule has 0 aromatic carbocycles. The van der Waals surface area contributed by atoms with Crippen molar-refractivity contribution in [1.29, 1.82) is 0 Å². The highest BCUT2D eigenvalue weighted by molar-refractivity contribution is 5.63. The van der Waals surface area contributed by atoms with Crippen LogP contribution in [0.15, 0.2) is 35.6 Å². The molecule has 2 saturated carbocycles. The first-order chi connectivity index (χ1) is 16.7. The van der Waals surface area contributed by atoms with Gasteiger partial charge in [-0.1, -0.05) is 30.2 Å². The molecule has 5 atom stereocenters. The molecular formula is C29H38N2O3. The molecule has 5 aliphatic rings. The van der Waals surface area contributed by atoms with Gasteiger partial charge >= 0.3 is 0 Å². The standard InChI is InChI=1S/C29H38N2O3/c32-20-13-14-24(26(33)16-20)29-30-25(17-27(31-29)34-21-9-3-4-10-21)28-22-11-5-1-7-18(22)15-19-8-2-6-12-23(19)28/h1,7,15,17-18,20-23,28,32-33H,2-6,8-14,16H2. The third-order valence-corrected chi connectivity index (χ3v) is 8.96. The maximum Gasteiger partial charge on any atom is 0.217 e. The van der Waals surface area contributed by atoms with E-state index in [1.165, 1.54) is 44.9 Å². The number of aliphatic hydroxyl groups is 2. The van der Waals surface area contributed by atoms with Crippen LogP contribution in [-0.2, 0) is 0 Å². The highest BCUT2D eigenvalue weighted by Gasteiger charge is 2.42. The Labute approximate surface area is 203 Å². The van der Waals surface area contributed by atoms with Crippen LogP contribution in [0, 0.1) is 17.8 Å². The Hall–Kier alpha value is -2.14. The Bertz CT molecular complexity index is 1010. The summed E-state index contributed by atoms with van der Waals surface area (Å²) in [7, 11) is 0. The van der Waals surface area contributed by atoms with Crippen molar-refractivity contribution in [3.8, 4) is 5.88 Å². The molecule has 1 heterocycles. The number of nitrogens with zero attached hydrogens (tertiary/aromatic N) is 2. The lowest BCUT2D eigenvalue weighted by molar-refractivity contribution is 0.143. The van der Waals surface area contributed by atoms with Crippen LogP contribution in [0.1, 0.15) is 101 Å². The van der Waals surface area contributed by atoms with Crippen molar-refractivity contribution in [3.05, 3.63) is 47.1 Å². The molecule has 0 saturated heterocycles. The van der Waals surface area contributed by atoms with E-state index in [0.717, 1.165) is 30.5 Å². The van der Waals surface area contributed by atoms with Gasteiger partial charge in [0.25, 0.3) is 0 Å². The second-order valence-corrected chi connectivity index (χ2v) is 11.2. The van der Waals surface area contributed by atoms with Crippen LogP contribution in [0.3, 0.4) is 0 Å². The lowest BCUT2D eigenvalue weighted by atomic mass is 9.60. The van der Waals surface area contributed by atoms with E-state index < -0.39 is 6.10 Å². The Balaban J connectivity index is 1.43. The topological polar surface area (TPSA) is 75.5 Å². The van der Waals surface area contributed by atoms with Gasteiger partial charge in [0.15, 0.2) is 5.82 Å². The number of ether oxygens (including phenoxy) is 1. The zero-order valence-corrected chi connectivity index (χ0v) is 20.2. The van der Waals surface area contributed by atoms with Gasteiger partial charge in [-0.25, -0.2) is 4.98 Å². The third kappa shape index (κ3) is 4.32. The smallest absolute Gasteiger partial charge is 0.217 e. The minimum atomic E-state index is -0.482. The molecule has 2 N–H and O–H groups in total. The van der Waals surface area contributed by atoms with E-state index in [4.69, 9.17) is 14.7 Å². The molecule has 5 nitrogen and oxygen atoms in total.